The molecule has 0 saturated heterocycles. The van der Waals surface area contributed by atoms with Gasteiger partial charge in [-0.15, -0.1) is 11.6 Å². The smallest absolute Gasteiger partial charge is 0.0589 e. The Morgan fingerprint density at radius 3 is 2.45 bits per heavy atom. The average Bonchev–Trinajstić information content (AvgIpc) is 2.01. The molecule has 0 bridgehead atoms. The van der Waals surface area contributed by atoms with Crippen molar-refractivity contribution in [1.29, 1.82) is 0 Å². The van der Waals surface area contributed by atoms with Crippen molar-refractivity contribution in [3.8, 4) is 0 Å². The van der Waals surface area contributed by atoms with Crippen LogP contribution >= 0.6 is 11.6 Å². The Kier molecular flexibility index (Phi) is 8.47. The van der Waals surface area contributed by atoms with Gasteiger partial charge < -0.3 is 4.74 Å². The SMILES string of the molecule is CCCN(CCCl)CCOC. The van der Waals surface area contributed by atoms with Crippen LogP contribution in [0.5, 0.6) is 0 Å². The van der Waals surface area contributed by atoms with Gasteiger partial charge in [0.2, 0.25) is 0 Å². The minimum Gasteiger partial charge on any atom is -0.383 e. The van der Waals surface area contributed by atoms with Crippen molar-refractivity contribution in [3.63, 3.8) is 0 Å². The fourth-order valence-electron chi connectivity index (χ4n) is 0.992. The molecule has 0 heterocycles. The summed E-state index contributed by atoms with van der Waals surface area (Å²) in [7, 11) is 1.73. The second-order valence-corrected chi connectivity index (χ2v) is 2.90. The molecule has 0 rings (SSSR count). The van der Waals surface area contributed by atoms with E-state index in [1.165, 1.54) is 6.42 Å². The lowest BCUT2D eigenvalue weighted by atomic mass is 10.4. The van der Waals surface area contributed by atoms with Gasteiger partial charge in [-0.25, -0.2) is 0 Å². The van der Waals surface area contributed by atoms with Crippen molar-refractivity contribution in [2.75, 3.05) is 39.2 Å². The molecule has 68 valence electrons. The first-order valence-corrected chi connectivity index (χ1v) is 4.65. The number of hydrogen-bond donors (Lipinski definition) is 0. The van der Waals surface area contributed by atoms with Crippen molar-refractivity contribution in [2.24, 2.45) is 0 Å². The van der Waals surface area contributed by atoms with E-state index in [0.717, 1.165) is 26.2 Å². The first-order valence-electron chi connectivity index (χ1n) is 4.12. The third-order valence-corrected chi connectivity index (χ3v) is 1.72. The second kappa shape index (κ2) is 8.31. The molecule has 0 amide bonds. The predicted octanol–water partition coefficient (Wildman–Crippen LogP) is 1.58. The Hall–Kier alpha value is 0.210. The van der Waals surface area contributed by atoms with Gasteiger partial charge in [0.15, 0.2) is 0 Å². The summed E-state index contributed by atoms with van der Waals surface area (Å²) in [5, 5.41) is 0. The Morgan fingerprint density at radius 2 is 2.00 bits per heavy atom. The van der Waals surface area contributed by atoms with Gasteiger partial charge in [-0.1, -0.05) is 6.92 Å². The van der Waals surface area contributed by atoms with E-state index in [9.17, 15) is 0 Å². The van der Waals surface area contributed by atoms with Crippen LogP contribution in [0, 0.1) is 0 Å². The van der Waals surface area contributed by atoms with Crippen molar-refractivity contribution in [2.45, 2.75) is 13.3 Å². The highest BCUT2D eigenvalue weighted by Gasteiger charge is 2.00. The molecule has 0 aromatic heterocycles. The van der Waals surface area contributed by atoms with Crippen LogP contribution in [0.25, 0.3) is 0 Å². The lowest BCUT2D eigenvalue weighted by Crippen LogP contribution is -2.30. The van der Waals surface area contributed by atoms with Gasteiger partial charge in [-0.2, -0.15) is 0 Å². The van der Waals surface area contributed by atoms with E-state index in [1.54, 1.807) is 7.11 Å². The standard InChI is InChI=1S/C8H18ClNO/c1-3-5-10(6-4-9)7-8-11-2/h3-8H2,1-2H3. The summed E-state index contributed by atoms with van der Waals surface area (Å²) in [5.41, 5.74) is 0. The van der Waals surface area contributed by atoms with Crippen LogP contribution in [0.4, 0.5) is 0 Å². The van der Waals surface area contributed by atoms with Crippen LogP contribution < -0.4 is 0 Å². The maximum absolute atomic E-state index is 5.63. The third kappa shape index (κ3) is 6.60. The van der Waals surface area contributed by atoms with Gasteiger partial charge in [0.1, 0.15) is 0 Å². The Labute approximate surface area is 74.5 Å². The van der Waals surface area contributed by atoms with Gasteiger partial charge in [0.05, 0.1) is 6.61 Å². The third-order valence-electron chi connectivity index (χ3n) is 1.55. The minimum atomic E-state index is 0.712. The zero-order valence-corrected chi connectivity index (χ0v) is 8.23. The molecule has 0 saturated carbocycles. The van der Waals surface area contributed by atoms with E-state index in [1.807, 2.05) is 0 Å². The molecule has 0 unspecified atom stereocenters. The van der Waals surface area contributed by atoms with Crippen molar-refractivity contribution >= 4 is 11.6 Å². The Balaban J connectivity index is 3.34. The van der Waals surface area contributed by atoms with Gasteiger partial charge in [-0.05, 0) is 13.0 Å². The molecular formula is C8H18ClNO. The van der Waals surface area contributed by atoms with Gasteiger partial charge in [-0.3, -0.25) is 4.90 Å². The summed E-state index contributed by atoms with van der Waals surface area (Å²) < 4.78 is 4.98. The highest BCUT2D eigenvalue weighted by Crippen LogP contribution is 1.92. The maximum Gasteiger partial charge on any atom is 0.0589 e. The topological polar surface area (TPSA) is 12.5 Å². The zero-order valence-electron chi connectivity index (χ0n) is 7.48. The number of alkyl halides is 1. The second-order valence-electron chi connectivity index (χ2n) is 2.52. The summed E-state index contributed by atoms with van der Waals surface area (Å²) in [4.78, 5) is 2.32. The molecule has 0 aliphatic rings. The monoisotopic (exact) mass is 179 g/mol. The fourth-order valence-corrected chi connectivity index (χ4v) is 1.23. The molecule has 0 aliphatic heterocycles. The highest BCUT2D eigenvalue weighted by atomic mass is 35.5. The molecule has 2 nitrogen and oxygen atoms in total. The number of ether oxygens (including phenoxy) is 1. The molecule has 0 N–H and O–H groups in total. The average molecular weight is 180 g/mol. The first kappa shape index (κ1) is 11.2. The molecule has 0 aromatic rings. The first-order chi connectivity index (χ1) is 5.35. The number of hydrogen-bond acceptors (Lipinski definition) is 2. The summed E-state index contributed by atoms with van der Waals surface area (Å²) in [6, 6.07) is 0. The normalized spacial score (nSPS) is 10.9. The Bertz CT molecular complexity index is 74.5. The summed E-state index contributed by atoms with van der Waals surface area (Å²) in [5.74, 6) is 0.712. The molecule has 0 fully saturated rings. The molecule has 3 heteroatoms. The van der Waals surface area contributed by atoms with Crippen LogP contribution in [0.2, 0.25) is 0 Å². The molecule has 11 heavy (non-hydrogen) atoms. The summed E-state index contributed by atoms with van der Waals surface area (Å²) >= 11 is 5.63. The number of rotatable bonds is 7. The summed E-state index contributed by atoms with van der Waals surface area (Å²) in [6.07, 6.45) is 1.18. The number of halogens is 1. The quantitative estimate of drug-likeness (QED) is 0.551. The van der Waals surface area contributed by atoms with E-state index in [0.29, 0.717) is 5.88 Å². The number of nitrogens with zero attached hydrogens (tertiary/aromatic N) is 1. The zero-order chi connectivity index (χ0) is 8.53. The summed E-state index contributed by atoms with van der Waals surface area (Å²) in [6.45, 7) is 6.07. The fraction of sp³-hybridized carbons (Fsp3) is 1.00. The number of methoxy groups -OCH3 is 1. The minimum absolute atomic E-state index is 0.712. The van der Waals surface area contributed by atoms with E-state index in [2.05, 4.69) is 11.8 Å². The van der Waals surface area contributed by atoms with E-state index >= 15 is 0 Å². The van der Waals surface area contributed by atoms with Crippen LogP contribution in [-0.4, -0.2) is 44.1 Å². The van der Waals surface area contributed by atoms with Crippen LogP contribution in [-0.2, 0) is 4.74 Å². The molecule has 0 aromatic carbocycles. The van der Waals surface area contributed by atoms with Crippen LogP contribution in [0.1, 0.15) is 13.3 Å². The van der Waals surface area contributed by atoms with Crippen LogP contribution in [0.15, 0.2) is 0 Å². The highest BCUT2D eigenvalue weighted by molar-refractivity contribution is 6.18. The van der Waals surface area contributed by atoms with E-state index < -0.39 is 0 Å². The van der Waals surface area contributed by atoms with Gasteiger partial charge in [0.25, 0.3) is 0 Å². The van der Waals surface area contributed by atoms with E-state index in [4.69, 9.17) is 16.3 Å². The Morgan fingerprint density at radius 1 is 1.27 bits per heavy atom. The largest absolute Gasteiger partial charge is 0.383 e. The molecule has 0 atom stereocenters. The van der Waals surface area contributed by atoms with Crippen LogP contribution in [0.3, 0.4) is 0 Å². The lowest BCUT2D eigenvalue weighted by molar-refractivity contribution is 0.151. The maximum atomic E-state index is 5.63. The molecule has 0 aliphatic carbocycles. The molecule has 0 radical (unpaired) electrons. The molecular weight excluding hydrogens is 162 g/mol. The van der Waals surface area contributed by atoms with Crippen molar-refractivity contribution < 1.29 is 4.74 Å². The van der Waals surface area contributed by atoms with Gasteiger partial charge in [0, 0.05) is 26.1 Å². The van der Waals surface area contributed by atoms with Crippen molar-refractivity contribution in [1.82, 2.24) is 4.90 Å². The van der Waals surface area contributed by atoms with E-state index in [-0.39, 0.29) is 0 Å². The predicted molar refractivity (Wildman–Crippen MR) is 49.3 cm³/mol. The van der Waals surface area contributed by atoms with Gasteiger partial charge >= 0.3 is 0 Å². The lowest BCUT2D eigenvalue weighted by Gasteiger charge is -2.19. The van der Waals surface area contributed by atoms with Crippen molar-refractivity contribution in [3.05, 3.63) is 0 Å². The molecule has 0 spiro atoms.